The van der Waals surface area contributed by atoms with E-state index in [9.17, 15) is 0 Å². The van der Waals surface area contributed by atoms with Crippen LogP contribution in [0.1, 0.15) is 77.0 Å². The van der Waals surface area contributed by atoms with Crippen molar-refractivity contribution in [1.29, 1.82) is 0 Å². The Morgan fingerprint density at radius 3 is 2.02 bits per heavy atom. The number of furan rings is 1. The van der Waals surface area contributed by atoms with E-state index in [1.54, 1.807) is 0 Å². The van der Waals surface area contributed by atoms with Crippen LogP contribution in [0.15, 0.2) is 108 Å². The maximum absolute atomic E-state index is 6.46. The molecule has 0 bridgehead atoms. The van der Waals surface area contributed by atoms with Crippen LogP contribution in [0.25, 0.3) is 71.6 Å². The maximum atomic E-state index is 6.46. The van der Waals surface area contributed by atoms with Crippen LogP contribution in [0.2, 0.25) is 0 Å². The van der Waals surface area contributed by atoms with Gasteiger partial charge in [-0.3, -0.25) is 4.57 Å². The van der Waals surface area contributed by atoms with Gasteiger partial charge in [0.1, 0.15) is 17.0 Å². The van der Waals surface area contributed by atoms with Gasteiger partial charge in [0, 0.05) is 16.3 Å². The second-order valence-corrected chi connectivity index (χ2v) is 14.5. The van der Waals surface area contributed by atoms with Crippen LogP contribution in [0.5, 0.6) is 0 Å². The van der Waals surface area contributed by atoms with Gasteiger partial charge in [-0.1, -0.05) is 109 Å². The molecule has 2 aromatic heterocycles. The summed E-state index contributed by atoms with van der Waals surface area (Å²) in [5, 5.41) is 7.17. The van der Waals surface area contributed by atoms with Crippen molar-refractivity contribution < 1.29 is 4.42 Å². The van der Waals surface area contributed by atoms with E-state index in [0.29, 0.717) is 11.8 Å². The van der Waals surface area contributed by atoms with Gasteiger partial charge in [-0.25, -0.2) is 4.98 Å². The summed E-state index contributed by atoms with van der Waals surface area (Å²) in [6.07, 6.45) is 0. The SMILES string of the molecule is CC(C)c1cc(C(C)(C)C)cc(C(C)C)c1-n1c(-c2ccc3oc4cc5ccc6ccccc6c5cc4c3c2)nc2ccccc21. The van der Waals surface area contributed by atoms with Gasteiger partial charge >= 0.3 is 0 Å². The molecule has 0 amide bonds. The first-order chi connectivity index (χ1) is 22.1. The molecule has 3 nitrogen and oxygen atoms in total. The molecule has 0 saturated heterocycles. The topological polar surface area (TPSA) is 31.0 Å². The summed E-state index contributed by atoms with van der Waals surface area (Å²) >= 11 is 0. The zero-order valence-electron chi connectivity index (χ0n) is 27.8. The number of hydrogen-bond acceptors (Lipinski definition) is 2. The molecule has 0 radical (unpaired) electrons. The molecule has 3 heteroatoms. The second kappa shape index (κ2) is 10.3. The molecule has 0 aliphatic carbocycles. The lowest BCUT2D eigenvalue weighted by Gasteiger charge is -2.28. The minimum Gasteiger partial charge on any atom is -0.456 e. The summed E-state index contributed by atoms with van der Waals surface area (Å²) in [6, 6.07) is 37.5. The molecule has 0 spiro atoms. The summed E-state index contributed by atoms with van der Waals surface area (Å²) in [5.74, 6) is 1.63. The third kappa shape index (κ3) is 4.44. The Morgan fingerprint density at radius 1 is 0.609 bits per heavy atom. The van der Waals surface area contributed by atoms with Gasteiger partial charge in [-0.15, -0.1) is 0 Å². The number of fused-ring (bicyclic) bond motifs is 7. The van der Waals surface area contributed by atoms with Gasteiger partial charge in [0.25, 0.3) is 0 Å². The molecular formula is C43H40N2O. The summed E-state index contributed by atoms with van der Waals surface area (Å²) in [4.78, 5) is 5.33. The fourth-order valence-corrected chi connectivity index (χ4v) is 7.11. The van der Waals surface area contributed by atoms with E-state index in [2.05, 4.69) is 156 Å². The molecule has 0 aliphatic rings. The summed E-state index contributed by atoms with van der Waals surface area (Å²) in [7, 11) is 0. The van der Waals surface area contributed by atoms with Gasteiger partial charge in [0.2, 0.25) is 0 Å². The second-order valence-electron chi connectivity index (χ2n) is 14.5. The lowest BCUT2D eigenvalue weighted by atomic mass is 9.81. The van der Waals surface area contributed by atoms with Gasteiger partial charge < -0.3 is 4.42 Å². The number of hydrogen-bond donors (Lipinski definition) is 0. The Morgan fingerprint density at radius 2 is 1.28 bits per heavy atom. The number of aromatic nitrogens is 2. The van der Waals surface area contributed by atoms with Crippen LogP contribution < -0.4 is 0 Å². The fraction of sp³-hybridized carbons (Fsp3) is 0.233. The highest BCUT2D eigenvalue weighted by Gasteiger charge is 2.26. The van der Waals surface area contributed by atoms with E-state index >= 15 is 0 Å². The lowest BCUT2D eigenvalue weighted by Crippen LogP contribution is -2.16. The monoisotopic (exact) mass is 600 g/mol. The largest absolute Gasteiger partial charge is 0.456 e. The third-order valence-electron chi connectivity index (χ3n) is 9.66. The maximum Gasteiger partial charge on any atom is 0.145 e. The van der Waals surface area contributed by atoms with Crippen molar-refractivity contribution in [2.75, 3.05) is 0 Å². The Kier molecular flexibility index (Phi) is 6.41. The van der Waals surface area contributed by atoms with Crippen molar-refractivity contribution in [3.8, 4) is 17.1 Å². The van der Waals surface area contributed by atoms with Crippen LogP contribution in [0.4, 0.5) is 0 Å². The fourth-order valence-electron chi connectivity index (χ4n) is 7.11. The highest BCUT2D eigenvalue weighted by molar-refractivity contribution is 6.16. The Bertz CT molecular complexity index is 2430. The van der Waals surface area contributed by atoms with Crippen molar-refractivity contribution in [2.24, 2.45) is 0 Å². The normalized spacial score (nSPS) is 12.6. The molecule has 8 aromatic rings. The summed E-state index contributed by atoms with van der Waals surface area (Å²) in [5.41, 5.74) is 10.4. The van der Waals surface area contributed by atoms with Crippen molar-refractivity contribution in [2.45, 2.75) is 65.7 Å². The predicted octanol–water partition coefficient (Wildman–Crippen LogP) is 12.4. The Hall–Kier alpha value is -4.89. The van der Waals surface area contributed by atoms with Crippen LogP contribution in [0.3, 0.4) is 0 Å². The van der Waals surface area contributed by atoms with Crippen molar-refractivity contribution in [3.05, 3.63) is 120 Å². The van der Waals surface area contributed by atoms with Crippen LogP contribution in [0, 0.1) is 0 Å². The molecule has 8 rings (SSSR count). The highest BCUT2D eigenvalue weighted by atomic mass is 16.3. The summed E-state index contributed by atoms with van der Waals surface area (Å²) in [6.45, 7) is 16.2. The Labute approximate surface area is 270 Å². The van der Waals surface area contributed by atoms with Gasteiger partial charge in [-0.2, -0.15) is 0 Å². The average Bonchev–Trinajstić information content (AvgIpc) is 3.60. The van der Waals surface area contributed by atoms with E-state index in [-0.39, 0.29) is 5.41 Å². The average molecular weight is 601 g/mol. The number of benzene rings is 6. The van der Waals surface area contributed by atoms with Crippen LogP contribution >= 0.6 is 0 Å². The van der Waals surface area contributed by atoms with Crippen molar-refractivity contribution in [3.63, 3.8) is 0 Å². The van der Waals surface area contributed by atoms with Crippen molar-refractivity contribution >= 4 is 54.5 Å². The van der Waals surface area contributed by atoms with E-state index < -0.39 is 0 Å². The van der Waals surface area contributed by atoms with E-state index in [4.69, 9.17) is 9.40 Å². The lowest BCUT2D eigenvalue weighted by molar-refractivity contribution is 0.586. The quantitative estimate of drug-likeness (QED) is 0.188. The van der Waals surface area contributed by atoms with Gasteiger partial charge in [0.05, 0.1) is 16.7 Å². The number of nitrogens with zero attached hydrogens (tertiary/aromatic N) is 2. The molecular weight excluding hydrogens is 560 g/mol. The first-order valence-electron chi connectivity index (χ1n) is 16.5. The molecule has 2 heterocycles. The van der Waals surface area contributed by atoms with Gasteiger partial charge in [0.15, 0.2) is 0 Å². The zero-order chi connectivity index (χ0) is 31.9. The molecule has 0 fully saturated rings. The van der Waals surface area contributed by atoms with Gasteiger partial charge in [-0.05, 0) is 98.0 Å². The third-order valence-corrected chi connectivity index (χ3v) is 9.66. The number of imidazole rings is 1. The molecule has 0 unspecified atom stereocenters. The first kappa shape index (κ1) is 28.6. The minimum absolute atomic E-state index is 0.0501. The zero-order valence-corrected chi connectivity index (χ0v) is 27.8. The molecule has 6 aromatic carbocycles. The van der Waals surface area contributed by atoms with Crippen molar-refractivity contribution in [1.82, 2.24) is 9.55 Å². The summed E-state index contributed by atoms with van der Waals surface area (Å²) < 4.78 is 8.89. The Balaban J connectivity index is 1.43. The van der Waals surface area contributed by atoms with Crippen LogP contribution in [-0.4, -0.2) is 9.55 Å². The van der Waals surface area contributed by atoms with Crippen LogP contribution in [-0.2, 0) is 5.41 Å². The number of para-hydroxylation sites is 2. The minimum atomic E-state index is 0.0501. The highest BCUT2D eigenvalue weighted by Crippen LogP contribution is 2.42. The first-order valence-corrected chi connectivity index (χ1v) is 16.5. The van der Waals surface area contributed by atoms with E-state index in [1.807, 2.05) is 0 Å². The van der Waals surface area contributed by atoms with E-state index in [0.717, 1.165) is 44.4 Å². The molecule has 0 saturated carbocycles. The molecule has 0 aliphatic heterocycles. The molecule has 46 heavy (non-hydrogen) atoms. The smallest absolute Gasteiger partial charge is 0.145 e. The molecule has 228 valence electrons. The predicted molar refractivity (Wildman–Crippen MR) is 196 cm³/mol. The molecule has 0 N–H and O–H groups in total. The number of rotatable bonds is 4. The van der Waals surface area contributed by atoms with E-state index in [1.165, 1.54) is 43.9 Å². The standard InChI is InChI=1S/C43H40N2O/c1-25(2)32-22-30(43(5,6)7)23-33(26(3)4)41(32)45-38-15-11-10-14-37(38)44-42(45)29-18-19-39-35(20-29)36-24-34-28(21-40(36)46-39)17-16-27-12-8-9-13-31(27)34/h8-26H,1-7H3. The molecule has 0 atom stereocenters.